The lowest BCUT2D eigenvalue weighted by atomic mass is 9.61. The van der Waals surface area contributed by atoms with E-state index in [9.17, 15) is 0 Å². The smallest absolute Gasteiger partial charge is 0.0535 e. The van der Waals surface area contributed by atoms with Crippen molar-refractivity contribution in [3.05, 3.63) is 302 Å². The zero-order chi connectivity index (χ0) is 64.1. The Morgan fingerprint density at radius 2 is 0.573 bits per heavy atom. The Balaban J connectivity index is 0.827. The summed E-state index contributed by atoms with van der Waals surface area (Å²) >= 11 is 0. The van der Waals surface area contributed by atoms with Crippen molar-refractivity contribution in [2.75, 3.05) is 9.80 Å². The van der Waals surface area contributed by atoms with Crippen molar-refractivity contribution in [2.45, 2.75) is 101 Å². The van der Waals surface area contributed by atoms with E-state index in [1.165, 1.54) is 217 Å². The molecule has 4 atom stereocenters. The molecular formula is C94H76N2. The molecule has 2 fully saturated rings. The third-order valence-electron chi connectivity index (χ3n) is 24.5. The number of rotatable bonds is 8. The highest BCUT2D eigenvalue weighted by Crippen LogP contribution is 2.64. The van der Waals surface area contributed by atoms with Crippen molar-refractivity contribution in [3.63, 3.8) is 0 Å². The minimum atomic E-state index is -0.0337. The second kappa shape index (κ2) is 21.5. The van der Waals surface area contributed by atoms with Crippen LogP contribution in [0.4, 0.5) is 22.7 Å². The van der Waals surface area contributed by atoms with Crippen molar-refractivity contribution < 1.29 is 0 Å². The van der Waals surface area contributed by atoms with Crippen LogP contribution in [-0.4, -0.2) is 11.1 Å². The molecule has 0 radical (unpaired) electrons. The Hall–Kier alpha value is -10.5. The van der Waals surface area contributed by atoms with Gasteiger partial charge in [-0.2, -0.15) is 0 Å². The molecular weight excluding hydrogens is 1160 g/mol. The first-order valence-corrected chi connectivity index (χ1v) is 35.1. The first-order chi connectivity index (χ1) is 47.1. The molecule has 4 aliphatic rings. The minimum Gasteiger partial charge on any atom is -0.334 e. The fraction of sp³-hybridized carbons (Fsp3) is 0.170. The van der Waals surface area contributed by atoms with Gasteiger partial charge >= 0.3 is 0 Å². The number of hydrogen-bond donors (Lipinski definition) is 0. The summed E-state index contributed by atoms with van der Waals surface area (Å²) in [5.41, 5.74) is 22.9. The maximum atomic E-state index is 2.75. The van der Waals surface area contributed by atoms with Crippen LogP contribution in [0.15, 0.2) is 291 Å². The van der Waals surface area contributed by atoms with E-state index in [0.29, 0.717) is 0 Å². The van der Waals surface area contributed by atoms with Gasteiger partial charge in [0, 0.05) is 33.0 Å². The topological polar surface area (TPSA) is 6.48 Å². The summed E-state index contributed by atoms with van der Waals surface area (Å²) in [6.45, 7) is 10.2. The lowest BCUT2D eigenvalue weighted by Crippen LogP contribution is -2.54. The van der Waals surface area contributed by atoms with Crippen LogP contribution in [0.1, 0.15) is 90.2 Å². The van der Waals surface area contributed by atoms with Crippen molar-refractivity contribution in [3.8, 4) is 66.8 Å². The molecule has 2 heteroatoms. The van der Waals surface area contributed by atoms with Gasteiger partial charge in [-0.1, -0.05) is 270 Å². The van der Waals surface area contributed by atoms with Crippen LogP contribution in [0, 0.1) is 0 Å². The number of para-hydroxylation sites is 2. The van der Waals surface area contributed by atoms with Crippen LogP contribution < -0.4 is 9.80 Å². The molecule has 2 aliphatic carbocycles. The third kappa shape index (κ3) is 8.30. The number of benzene rings is 15. The number of nitrogens with zero attached hydrogens (tertiary/aromatic N) is 2. The monoisotopic (exact) mass is 1230 g/mol. The van der Waals surface area contributed by atoms with Gasteiger partial charge in [0.05, 0.1) is 22.5 Å². The van der Waals surface area contributed by atoms with E-state index in [4.69, 9.17) is 0 Å². The maximum absolute atomic E-state index is 2.75. The van der Waals surface area contributed by atoms with Crippen LogP contribution in [-0.2, 0) is 10.8 Å². The highest BCUT2D eigenvalue weighted by atomic mass is 15.3. The van der Waals surface area contributed by atoms with Crippen molar-refractivity contribution in [2.24, 2.45) is 0 Å². The molecule has 2 heterocycles. The third-order valence-corrected chi connectivity index (χ3v) is 24.5. The molecule has 15 aromatic carbocycles. The standard InChI is InChI=1S/C94H76N2/c1-91-51-17-19-53-93(91,3)95(73-29-13-7-14-30-73)89-81-57-67-27-21-33-75(79(67)55-71(81)45-49-85(89)91)69-43-47-77-83(59-69)87(65-39-35-63(36-40-65)61-23-9-5-10-24-61)78-48-44-70(60-84(78)88(77)66-41-37-64(38-42-66)62-25-11-6-12-26-62)76-34-22-28-68-58-82-72(56-80(68)76)46-50-86-90(82)96(74-31-15-8-16-32-74)94(4)54-20-18-52-92(86,94)2/h5-16,21-50,55-60H,17-20,51-54H2,1-4H3. The highest BCUT2D eigenvalue weighted by Gasteiger charge is 2.59. The van der Waals surface area contributed by atoms with E-state index >= 15 is 0 Å². The lowest BCUT2D eigenvalue weighted by Gasteiger charge is -2.50. The number of hydrogen-bond acceptors (Lipinski definition) is 2. The molecule has 0 spiro atoms. The van der Waals surface area contributed by atoms with Crippen molar-refractivity contribution in [1.82, 2.24) is 0 Å². The molecule has 462 valence electrons. The Bertz CT molecular complexity index is 5290. The van der Waals surface area contributed by atoms with E-state index in [1.807, 2.05) is 0 Å². The van der Waals surface area contributed by atoms with Crippen LogP contribution in [0.25, 0.3) is 131 Å². The normalized spacial score (nSPS) is 20.5. The first-order valence-electron chi connectivity index (χ1n) is 35.1. The molecule has 0 saturated heterocycles. The van der Waals surface area contributed by atoms with Crippen LogP contribution >= 0.6 is 0 Å². The number of anilines is 4. The van der Waals surface area contributed by atoms with Gasteiger partial charge in [0.2, 0.25) is 0 Å². The average Bonchev–Trinajstić information content (AvgIpc) is 1.54. The summed E-state index contributed by atoms with van der Waals surface area (Å²) in [6, 6.07) is 111. The molecule has 2 saturated carbocycles. The predicted octanol–water partition coefficient (Wildman–Crippen LogP) is 26.1. The molecule has 2 aliphatic heterocycles. The largest absolute Gasteiger partial charge is 0.334 e. The van der Waals surface area contributed by atoms with Gasteiger partial charge in [-0.15, -0.1) is 0 Å². The SMILES string of the molecule is CC12CCCCC1(C)N(c1ccccc1)c1c2ccc2cc3c(-c4ccc5c(-c6ccc(-c7ccccc7)cc6)c6cc(-c7cccc8cc9c%10c(ccc9cc78)C7(C)CCCCC7(C)N%10c7ccccc7)ccc6c(-c6ccc(-c7ccccc7)cc6)c5c4)cccc3cc12. The molecule has 15 aromatic rings. The van der Waals surface area contributed by atoms with E-state index in [1.54, 1.807) is 0 Å². The second-order valence-electron chi connectivity index (χ2n) is 29.2. The minimum absolute atomic E-state index is 0.0337. The molecule has 0 bridgehead atoms. The average molecular weight is 1230 g/mol. The molecule has 0 amide bonds. The van der Waals surface area contributed by atoms with Gasteiger partial charge in [-0.25, -0.2) is 0 Å². The quantitative estimate of drug-likeness (QED) is 0.140. The Morgan fingerprint density at radius 1 is 0.240 bits per heavy atom. The van der Waals surface area contributed by atoms with Gasteiger partial charge in [-0.3, -0.25) is 0 Å². The Morgan fingerprint density at radius 3 is 0.979 bits per heavy atom. The molecule has 0 N–H and O–H groups in total. The van der Waals surface area contributed by atoms with Gasteiger partial charge in [-0.05, 0) is 232 Å². The maximum Gasteiger partial charge on any atom is 0.0535 e. The van der Waals surface area contributed by atoms with E-state index < -0.39 is 0 Å². The van der Waals surface area contributed by atoms with Crippen molar-refractivity contribution >= 4 is 87.4 Å². The Labute approximate surface area is 563 Å². The fourth-order valence-corrected chi connectivity index (χ4v) is 19.2. The summed E-state index contributed by atoms with van der Waals surface area (Å²) in [5.74, 6) is 0. The lowest BCUT2D eigenvalue weighted by molar-refractivity contribution is 0.195. The molecule has 19 rings (SSSR count). The van der Waals surface area contributed by atoms with Crippen LogP contribution in [0.3, 0.4) is 0 Å². The van der Waals surface area contributed by atoms with Crippen molar-refractivity contribution in [1.29, 1.82) is 0 Å². The zero-order valence-corrected chi connectivity index (χ0v) is 55.3. The zero-order valence-electron chi connectivity index (χ0n) is 55.3. The Kier molecular flexibility index (Phi) is 12.7. The summed E-state index contributed by atoms with van der Waals surface area (Å²) in [7, 11) is 0. The molecule has 2 nitrogen and oxygen atoms in total. The highest BCUT2D eigenvalue weighted by molar-refractivity contribution is 6.24. The van der Waals surface area contributed by atoms with Gasteiger partial charge in [0.15, 0.2) is 0 Å². The molecule has 96 heavy (non-hydrogen) atoms. The van der Waals surface area contributed by atoms with E-state index in [0.717, 1.165) is 0 Å². The van der Waals surface area contributed by atoms with Crippen LogP contribution in [0.2, 0.25) is 0 Å². The fourth-order valence-electron chi connectivity index (χ4n) is 19.2. The van der Waals surface area contributed by atoms with Crippen LogP contribution in [0.5, 0.6) is 0 Å². The first kappa shape index (κ1) is 57.0. The summed E-state index contributed by atoms with van der Waals surface area (Å²) in [5, 5.41) is 15.2. The summed E-state index contributed by atoms with van der Waals surface area (Å²) in [6.07, 6.45) is 9.74. The molecule has 4 unspecified atom stereocenters. The summed E-state index contributed by atoms with van der Waals surface area (Å²) in [4.78, 5) is 5.49. The van der Waals surface area contributed by atoms with Gasteiger partial charge < -0.3 is 9.80 Å². The second-order valence-corrected chi connectivity index (χ2v) is 29.2. The van der Waals surface area contributed by atoms with E-state index in [-0.39, 0.29) is 21.9 Å². The summed E-state index contributed by atoms with van der Waals surface area (Å²) < 4.78 is 0. The van der Waals surface area contributed by atoms with E-state index in [2.05, 4.69) is 329 Å². The van der Waals surface area contributed by atoms with Gasteiger partial charge in [0.1, 0.15) is 0 Å². The molecule has 0 aromatic heterocycles. The predicted molar refractivity (Wildman–Crippen MR) is 410 cm³/mol. The number of fused-ring (bicyclic) bond motifs is 14. The van der Waals surface area contributed by atoms with Gasteiger partial charge in [0.25, 0.3) is 0 Å².